The number of sulfone groups is 1. The lowest BCUT2D eigenvalue weighted by Gasteiger charge is -2.28. The van der Waals surface area contributed by atoms with Gasteiger partial charge < -0.3 is 5.32 Å². The standard InChI is InChI=1S/C10H18N2O3S/c1-6-10(4,7-11)12-8(13)9(2,3)16(5,14)15/h6H2,1-5H3,(H,12,13). The second-order valence-electron chi connectivity index (χ2n) is 4.53. The van der Waals surface area contributed by atoms with E-state index in [2.05, 4.69) is 5.32 Å². The van der Waals surface area contributed by atoms with Crippen molar-refractivity contribution in [1.82, 2.24) is 5.32 Å². The van der Waals surface area contributed by atoms with Gasteiger partial charge in [-0.25, -0.2) is 8.42 Å². The van der Waals surface area contributed by atoms with E-state index in [0.29, 0.717) is 6.42 Å². The number of carbonyl (C=O) groups is 1. The fourth-order valence-electron chi connectivity index (χ4n) is 0.765. The molecule has 0 aromatic rings. The van der Waals surface area contributed by atoms with E-state index in [-0.39, 0.29) is 0 Å². The normalized spacial score (nSPS) is 16.0. The molecule has 0 saturated heterocycles. The van der Waals surface area contributed by atoms with Crippen LogP contribution in [0.2, 0.25) is 0 Å². The van der Waals surface area contributed by atoms with E-state index in [4.69, 9.17) is 5.26 Å². The molecule has 16 heavy (non-hydrogen) atoms. The summed E-state index contributed by atoms with van der Waals surface area (Å²) in [6.07, 6.45) is 1.41. The van der Waals surface area contributed by atoms with E-state index < -0.39 is 26.0 Å². The number of nitrogens with one attached hydrogen (secondary N) is 1. The highest BCUT2D eigenvalue weighted by Crippen LogP contribution is 2.18. The number of nitriles is 1. The maximum atomic E-state index is 11.8. The number of nitrogens with zero attached hydrogens (tertiary/aromatic N) is 1. The number of hydrogen-bond donors (Lipinski definition) is 1. The summed E-state index contributed by atoms with van der Waals surface area (Å²) < 4.78 is 21.3. The van der Waals surface area contributed by atoms with Gasteiger partial charge in [0.1, 0.15) is 10.3 Å². The highest BCUT2D eigenvalue weighted by Gasteiger charge is 2.41. The van der Waals surface area contributed by atoms with Gasteiger partial charge in [0.15, 0.2) is 9.84 Å². The fourth-order valence-corrected chi connectivity index (χ4v) is 1.15. The van der Waals surface area contributed by atoms with Crippen LogP contribution in [0.5, 0.6) is 0 Å². The molecule has 92 valence electrons. The molecule has 0 aromatic carbocycles. The first-order valence-electron chi connectivity index (χ1n) is 4.93. The van der Waals surface area contributed by atoms with Gasteiger partial charge in [0.2, 0.25) is 5.91 Å². The van der Waals surface area contributed by atoms with Crippen LogP contribution in [-0.2, 0) is 14.6 Å². The predicted molar refractivity (Wildman–Crippen MR) is 61.4 cm³/mol. The van der Waals surface area contributed by atoms with Crippen molar-refractivity contribution in [3.8, 4) is 6.07 Å². The van der Waals surface area contributed by atoms with Crippen molar-refractivity contribution in [3.63, 3.8) is 0 Å². The minimum atomic E-state index is -3.51. The highest BCUT2D eigenvalue weighted by molar-refractivity contribution is 7.92. The highest BCUT2D eigenvalue weighted by atomic mass is 32.2. The van der Waals surface area contributed by atoms with Crippen molar-refractivity contribution in [2.45, 2.75) is 44.4 Å². The van der Waals surface area contributed by atoms with E-state index in [9.17, 15) is 13.2 Å². The van der Waals surface area contributed by atoms with Crippen LogP contribution in [0.15, 0.2) is 0 Å². The lowest BCUT2D eigenvalue weighted by molar-refractivity contribution is -0.124. The van der Waals surface area contributed by atoms with Crippen LogP contribution in [0.4, 0.5) is 0 Å². The maximum Gasteiger partial charge on any atom is 0.242 e. The van der Waals surface area contributed by atoms with Crippen molar-refractivity contribution >= 4 is 15.7 Å². The van der Waals surface area contributed by atoms with Gasteiger partial charge in [0.25, 0.3) is 0 Å². The molecule has 0 aliphatic rings. The van der Waals surface area contributed by atoms with Crippen LogP contribution < -0.4 is 5.32 Å². The van der Waals surface area contributed by atoms with Crippen molar-refractivity contribution in [1.29, 1.82) is 5.26 Å². The molecule has 0 heterocycles. The molecule has 0 aliphatic heterocycles. The van der Waals surface area contributed by atoms with Crippen molar-refractivity contribution in [2.24, 2.45) is 0 Å². The van der Waals surface area contributed by atoms with Gasteiger partial charge in [-0.3, -0.25) is 4.79 Å². The van der Waals surface area contributed by atoms with Crippen LogP contribution in [0.25, 0.3) is 0 Å². The molecule has 0 aliphatic carbocycles. The lowest BCUT2D eigenvalue weighted by Crippen LogP contribution is -2.54. The van der Waals surface area contributed by atoms with Gasteiger partial charge in [0.05, 0.1) is 6.07 Å². The molecule has 0 rings (SSSR count). The van der Waals surface area contributed by atoms with E-state index in [1.165, 1.54) is 13.8 Å². The van der Waals surface area contributed by atoms with Gasteiger partial charge in [-0.05, 0) is 27.2 Å². The molecule has 0 aromatic heterocycles. The maximum absolute atomic E-state index is 11.8. The van der Waals surface area contributed by atoms with Gasteiger partial charge in [-0.1, -0.05) is 6.92 Å². The van der Waals surface area contributed by atoms with Crippen LogP contribution in [-0.4, -0.2) is 30.9 Å². The first-order valence-corrected chi connectivity index (χ1v) is 6.83. The van der Waals surface area contributed by atoms with Crippen LogP contribution >= 0.6 is 0 Å². The Morgan fingerprint density at radius 2 is 1.81 bits per heavy atom. The van der Waals surface area contributed by atoms with Crippen LogP contribution in [0.1, 0.15) is 34.1 Å². The summed E-state index contributed by atoms with van der Waals surface area (Å²) in [5.74, 6) is -0.652. The van der Waals surface area contributed by atoms with E-state index >= 15 is 0 Å². The zero-order valence-corrected chi connectivity index (χ0v) is 11.1. The summed E-state index contributed by atoms with van der Waals surface area (Å²) in [4.78, 5) is 11.8. The third kappa shape index (κ3) is 2.95. The smallest absolute Gasteiger partial charge is 0.242 e. The quantitative estimate of drug-likeness (QED) is 0.787. The summed E-state index contributed by atoms with van der Waals surface area (Å²) in [7, 11) is -3.51. The summed E-state index contributed by atoms with van der Waals surface area (Å²) in [5.41, 5.74) is -1.03. The van der Waals surface area contributed by atoms with E-state index in [1.54, 1.807) is 13.8 Å². The third-order valence-corrected chi connectivity index (χ3v) is 4.86. The molecule has 6 heteroatoms. The van der Waals surface area contributed by atoms with Crippen molar-refractivity contribution < 1.29 is 13.2 Å². The van der Waals surface area contributed by atoms with Crippen LogP contribution in [0, 0.1) is 11.3 Å². The molecule has 0 saturated carbocycles. The fraction of sp³-hybridized carbons (Fsp3) is 0.800. The Kier molecular flexibility index (Phi) is 4.12. The number of rotatable bonds is 4. The molecule has 0 spiro atoms. The van der Waals surface area contributed by atoms with Crippen LogP contribution in [0.3, 0.4) is 0 Å². The third-order valence-electron chi connectivity index (χ3n) is 2.82. The Morgan fingerprint density at radius 3 is 2.06 bits per heavy atom. The number of amides is 1. The Bertz CT molecular complexity index is 420. The average molecular weight is 246 g/mol. The molecule has 0 radical (unpaired) electrons. The molecular weight excluding hydrogens is 228 g/mol. The SMILES string of the molecule is CCC(C)(C#N)NC(=O)C(C)(C)S(C)(=O)=O. The van der Waals surface area contributed by atoms with Gasteiger partial charge in [-0.15, -0.1) is 0 Å². The largest absolute Gasteiger partial charge is 0.337 e. The first-order chi connectivity index (χ1) is 7.00. The number of carbonyl (C=O) groups excluding carboxylic acids is 1. The zero-order valence-electron chi connectivity index (χ0n) is 10.3. The molecule has 1 amide bonds. The molecule has 0 bridgehead atoms. The Morgan fingerprint density at radius 1 is 1.38 bits per heavy atom. The second-order valence-corrected chi connectivity index (χ2v) is 7.10. The van der Waals surface area contributed by atoms with Gasteiger partial charge >= 0.3 is 0 Å². The Balaban J connectivity index is 5.08. The minimum Gasteiger partial charge on any atom is -0.337 e. The predicted octanol–water partition coefficient (Wildman–Crippen LogP) is 0.618. The molecule has 1 N–H and O–H groups in total. The molecule has 5 nitrogen and oxygen atoms in total. The van der Waals surface area contributed by atoms with E-state index in [0.717, 1.165) is 6.26 Å². The zero-order chi connectivity index (χ0) is 13.2. The van der Waals surface area contributed by atoms with E-state index in [1.807, 2.05) is 6.07 Å². The molecule has 0 fully saturated rings. The number of hydrogen-bond acceptors (Lipinski definition) is 4. The van der Waals surface area contributed by atoms with Crippen molar-refractivity contribution in [2.75, 3.05) is 6.26 Å². The van der Waals surface area contributed by atoms with Gasteiger partial charge in [-0.2, -0.15) is 5.26 Å². The Labute approximate surface area is 96.8 Å². The van der Waals surface area contributed by atoms with Gasteiger partial charge in [0, 0.05) is 6.26 Å². The molecule has 1 unspecified atom stereocenters. The molecule has 1 atom stereocenters. The monoisotopic (exact) mass is 246 g/mol. The summed E-state index contributed by atoms with van der Waals surface area (Å²) in [6, 6.07) is 1.96. The first kappa shape index (κ1) is 14.9. The summed E-state index contributed by atoms with van der Waals surface area (Å²) in [5, 5.41) is 11.3. The molecular formula is C10H18N2O3S. The minimum absolute atomic E-state index is 0.412. The lowest BCUT2D eigenvalue weighted by atomic mass is 10.00. The average Bonchev–Trinajstić information content (AvgIpc) is 2.15. The summed E-state index contributed by atoms with van der Waals surface area (Å²) >= 11 is 0. The topological polar surface area (TPSA) is 87.0 Å². The summed E-state index contributed by atoms with van der Waals surface area (Å²) in [6.45, 7) is 5.95. The van der Waals surface area contributed by atoms with Crippen molar-refractivity contribution in [3.05, 3.63) is 0 Å². The Hall–Kier alpha value is -1.09. The second kappa shape index (κ2) is 4.42.